The Morgan fingerprint density at radius 1 is 0.364 bits per heavy atom. The lowest BCUT2D eigenvalue weighted by Gasteiger charge is -2.26. The fourth-order valence-corrected chi connectivity index (χ4v) is 6.50. The molecule has 0 saturated carbocycles. The van der Waals surface area contributed by atoms with E-state index in [9.17, 15) is 0 Å². The summed E-state index contributed by atoms with van der Waals surface area (Å²) < 4.78 is 10.8. The van der Waals surface area contributed by atoms with Gasteiger partial charge >= 0.3 is 0 Å². The first-order valence-corrected chi connectivity index (χ1v) is 18.7. The van der Waals surface area contributed by atoms with Crippen LogP contribution in [0.4, 0.5) is 34.1 Å². The number of rotatable bonds is 13. The summed E-state index contributed by atoms with van der Waals surface area (Å²) in [4.78, 5) is 4.53. The lowest BCUT2D eigenvalue weighted by atomic mass is 10.1. The van der Waals surface area contributed by atoms with Crippen molar-refractivity contribution in [1.82, 2.24) is 0 Å². The Morgan fingerprint density at radius 2 is 0.618 bits per heavy atom. The second kappa shape index (κ2) is 17.4. The van der Waals surface area contributed by atoms with Gasteiger partial charge in [0.05, 0.1) is 14.2 Å². The summed E-state index contributed by atoms with van der Waals surface area (Å²) >= 11 is 0. The highest BCUT2D eigenvalue weighted by molar-refractivity contribution is 5.80. The van der Waals surface area contributed by atoms with E-state index >= 15 is 0 Å². The standard InChI is InChI=1S/C51H46N2O2/c1-5-39-16-24-45(25-17-39)53(49-32-36-51(55-4)37-33-49)47-28-20-43(21-29-47)15-13-41-10-8-40(9-11-41)12-14-42-18-26-46(27-19-42)52(44-22-6-38(2)7-23-44)48-30-34-50(54-3)35-31-48/h6-37H,5H2,1-4H3/b14-12+,15-13+. The van der Waals surface area contributed by atoms with Crippen LogP contribution in [0.5, 0.6) is 11.5 Å². The maximum atomic E-state index is 5.41. The van der Waals surface area contributed by atoms with Crippen molar-refractivity contribution in [2.75, 3.05) is 24.0 Å². The molecule has 0 fully saturated rings. The normalized spacial score (nSPS) is 11.2. The van der Waals surface area contributed by atoms with Crippen molar-refractivity contribution < 1.29 is 9.47 Å². The minimum Gasteiger partial charge on any atom is -0.497 e. The molecule has 55 heavy (non-hydrogen) atoms. The van der Waals surface area contributed by atoms with E-state index in [-0.39, 0.29) is 0 Å². The fraction of sp³-hybridized carbons (Fsp3) is 0.0980. The summed E-state index contributed by atoms with van der Waals surface area (Å²) in [6.45, 7) is 4.29. The van der Waals surface area contributed by atoms with E-state index in [1.54, 1.807) is 14.2 Å². The van der Waals surface area contributed by atoms with Crippen LogP contribution in [0.2, 0.25) is 0 Å². The fourth-order valence-electron chi connectivity index (χ4n) is 6.50. The third-order valence-electron chi connectivity index (χ3n) is 9.73. The predicted octanol–water partition coefficient (Wildman–Crippen LogP) is 13.9. The second-order valence-corrected chi connectivity index (χ2v) is 13.4. The largest absolute Gasteiger partial charge is 0.497 e. The molecule has 0 aliphatic heterocycles. The number of benzene rings is 7. The lowest BCUT2D eigenvalue weighted by molar-refractivity contribution is 0.414. The molecule has 7 aromatic carbocycles. The van der Waals surface area contributed by atoms with Gasteiger partial charge in [0.2, 0.25) is 0 Å². The molecule has 4 heteroatoms. The maximum Gasteiger partial charge on any atom is 0.119 e. The zero-order valence-corrected chi connectivity index (χ0v) is 31.9. The first kappa shape index (κ1) is 36.6. The van der Waals surface area contributed by atoms with Crippen molar-refractivity contribution in [2.45, 2.75) is 20.3 Å². The summed E-state index contributed by atoms with van der Waals surface area (Å²) in [6, 6.07) is 59.8. The van der Waals surface area contributed by atoms with Crippen LogP contribution in [0.25, 0.3) is 24.3 Å². The van der Waals surface area contributed by atoms with E-state index in [1.165, 1.54) is 11.1 Å². The Labute approximate surface area is 325 Å². The van der Waals surface area contributed by atoms with Gasteiger partial charge in [0.15, 0.2) is 0 Å². The zero-order valence-electron chi connectivity index (χ0n) is 31.9. The Kier molecular flexibility index (Phi) is 11.5. The molecular formula is C51H46N2O2. The Hall–Kier alpha value is -6.78. The van der Waals surface area contributed by atoms with Crippen molar-refractivity contribution >= 4 is 58.4 Å². The number of methoxy groups -OCH3 is 2. The summed E-state index contributed by atoms with van der Waals surface area (Å²) in [5.74, 6) is 1.68. The molecule has 272 valence electrons. The van der Waals surface area contributed by atoms with Crippen molar-refractivity contribution in [1.29, 1.82) is 0 Å². The highest BCUT2D eigenvalue weighted by atomic mass is 16.5. The summed E-state index contributed by atoms with van der Waals surface area (Å²) in [5.41, 5.74) is 13.7. The number of anilines is 6. The molecule has 0 aliphatic rings. The molecule has 0 unspecified atom stereocenters. The number of hydrogen-bond acceptors (Lipinski definition) is 4. The predicted molar refractivity (Wildman–Crippen MR) is 234 cm³/mol. The van der Waals surface area contributed by atoms with Gasteiger partial charge in [-0.2, -0.15) is 0 Å². The molecule has 0 bridgehead atoms. The van der Waals surface area contributed by atoms with Gasteiger partial charge in [0.1, 0.15) is 11.5 Å². The van der Waals surface area contributed by atoms with E-state index in [2.05, 4.69) is 194 Å². The van der Waals surface area contributed by atoms with Crippen molar-refractivity contribution in [3.63, 3.8) is 0 Å². The topological polar surface area (TPSA) is 24.9 Å². The molecule has 0 radical (unpaired) electrons. The first-order chi connectivity index (χ1) is 27.0. The maximum absolute atomic E-state index is 5.41. The number of ether oxygens (including phenoxy) is 2. The van der Waals surface area contributed by atoms with Crippen LogP contribution < -0.4 is 19.3 Å². The minimum atomic E-state index is 0.838. The van der Waals surface area contributed by atoms with Crippen LogP contribution in [0.3, 0.4) is 0 Å². The average Bonchev–Trinajstić information content (AvgIpc) is 3.25. The van der Waals surface area contributed by atoms with Crippen LogP contribution >= 0.6 is 0 Å². The number of hydrogen-bond donors (Lipinski definition) is 0. The molecular weight excluding hydrogens is 673 g/mol. The monoisotopic (exact) mass is 718 g/mol. The van der Waals surface area contributed by atoms with Gasteiger partial charge in [-0.1, -0.05) is 110 Å². The van der Waals surface area contributed by atoms with Gasteiger partial charge in [0.25, 0.3) is 0 Å². The molecule has 0 atom stereocenters. The molecule has 4 nitrogen and oxygen atoms in total. The van der Waals surface area contributed by atoms with E-state index in [0.717, 1.165) is 74.3 Å². The second-order valence-electron chi connectivity index (χ2n) is 13.4. The first-order valence-electron chi connectivity index (χ1n) is 18.7. The minimum absolute atomic E-state index is 0.838. The van der Waals surface area contributed by atoms with E-state index in [0.29, 0.717) is 0 Å². The third-order valence-corrected chi connectivity index (χ3v) is 9.73. The van der Waals surface area contributed by atoms with Gasteiger partial charge in [-0.05, 0) is 138 Å². The number of nitrogens with zero attached hydrogens (tertiary/aromatic N) is 2. The van der Waals surface area contributed by atoms with E-state index in [4.69, 9.17) is 9.47 Å². The average molecular weight is 719 g/mol. The molecule has 0 aliphatic carbocycles. The molecule has 7 aromatic rings. The molecule has 0 heterocycles. The van der Waals surface area contributed by atoms with Crippen molar-refractivity contribution in [3.05, 3.63) is 203 Å². The van der Waals surface area contributed by atoms with Crippen LogP contribution in [-0.4, -0.2) is 14.2 Å². The smallest absolute Gasteiger partial charge is 0.119 e. The van der Waals surface area contributed by atoms with Gasteiger partial charge in [-0.25, -0.2) is 0 Å². The summed E-state index contributed by atoms with van der Waals surface area (Å²) in [7, 11) is 3.39. The van der Waals surface area contributed by atoms with Gasteiger partial charge in [0, 0.05) is 34.1 Å². The van der Waals surface area contributed by atoms with Crippen molar-refractivity contribution in [3.8, 4) is 11.5 Å². The van der Waals surface area contributed by atoms with Gasteiger partial charge in [-0.3, -0.25) is 0 Å². The molecule has 7 rings (SSSR count). The zero-order chi connectivity index (χ0) is 38.0. The molecule has 0 N–H and O–H groups in total. The van der Waals surface area contributed by atoms with Crippen LogP contribution in [-0.2, 0) is 6.42 Å². The number of aryl methyl sites for hydroxylation is 2. The van der Waals surface area contributed by atoms with Crippen LogP contribution in [0.15, 0.2) is 170 Å². The molecule has 0 aromatic heterocycles. The summed E-state index contributed by atoms with van der Waals surface area (Å²) in [6.07, 6.45) is 9.66. The van der Waals surface area contributed by atoms with Crippen LogP contribution in [0, 0.1) is 6.92 Å². The lowest BCUT2D eigenvalue weighted by Crippen LogP contribution is -2.09. The Morgan fingerprint density at radius 3 is 0.909 bits per heavy atom. The summed E-state index contributed by atoms with van der Waals surface area (Å²) in [5, 5.41) is 0. The molecule has 0 amide bonds. The molecule has 0 spiro atoms. The third kappa shape index (κ3) is 9.06. The van der Waals surface area contributed by atoms with E-state index in [1.807, 2.05) is 24.3 Å². The van der Waals surface area contributed by atoms with Crippen molar-refractivity contribution in [2.24, 2.45) is 0 Å². The Balaban J connectivity index is 1.02. The highest BCUT2D eigenvalue weighted by Gasteiger charge is 2.14. The van der Waals surface area contributed by atoms with Gasteiger partial charge in [-0.15, -0.1) is 0 Å². The van der Waals surface area contributed by atoms with Gasteiger partial charge < -0.3 is 19.3 Å². The van der Waals surface area contributed by atoms with Crippen LogP contribution in [0.1, 0.15) is 40.3 Å². The quantitative estimate of drug-likeness (QED) is 0.111. The molecule has 0 saturated heterocycles. The SMILES string of the molecule is CCc1ccc(N(c2ccc(/C=C/c3ccc(/C=C/c4ccc(N(c5ccc(C)cc5)c5ccc(OC)cc5)cc4)cc3)cc2)c2ccc(OC)cc2)cc1. The Bertz CT molecular complexity index is 2280. The highest BCUT2D eigenvalue weighted by Crippen LogP contribution is 2.37. The van der Waals surface area contributed by atoms with E-state index < -0.39 is 0 Å².